The zero-order chi connectivity index (χ0) is 24.4. The summed E-state index contributed by atoms with van der Waals surface area (Å²) in [6, 6.07) is 19.3. The van der Waals surface area contributed by atoms with Crippen LogP contribution in [0.1, 0.15) is 27.8 Å². The van der Waals surface area contributed by atoms with Crippen molar-refractivity contribution in [3.63, 3.8) is 0 Å². The maximum Gasteiger partial charge on any atom is 0.270 e. The van der Waals surface area contributed by atoms with Gasteiger partial charge in [-0.2, -0.15) is 0 Å². The summed E-state index contributed by atoms with van der Waals surface area (Å²) in [4.78, 5) is 27.2. The van der Waals surface area contributed by atoms with E-state index in [9.17, 15) is 9.59 Å². The van der Waals surface area contributed by atoms with E-state index in [-0.39, 0.29) is 10.7 Å². The molecule has 0 spiro atoms. The fourth-order valence-corrected chi connectivity index (χ4v) is 5.18. The Morgan fingerprint density at radius 1 is 1.03 bits per heavy atom. The summed E-state index contributed by atoms with van der Waals surface area (Å²) in [6.07, 6.45) is 2.30. The first-order chi connectivity index (χ1) is 16.3. The van der Waals surface area contributed by atoms with Gasteiger partial charge in [-0.3, -0.25) is 19.8 Å². The number of carbonyl (C=O) groups is 2. The summed E-state index contributed by atoms with van der Waals surface area (Å²) in [6.45, 7) is 4.18. The molecule has 1 N–H and O–H groups in total. The number of carbonyl (C=O) groups excluding carboxylic acids is 2. The van der Waals surface area contributed by atoms with Crippen LogP contribution in [0.15, 0.2) is 66.2 Å². The van der Waals surface area contributed by atoms with Gasteiger partial charge in [0.05, 0.1) is 12.8 Å². The number of anilines is 1. The lowest BCUT2D eigenvalue weighted by molar-refractivity contribution is -0.122. The Bertz CT molecular complexity index is 1310. The van der Waals surface area contributed by atoms with Crippen LogP contribution in [0.25, 0.3) is 6.08 Å². The number of aryl methyl sites for hydroxylation is 2. The van der Waals surface area contributed by atoms with Gasteiger partial charge in [-0.25, -0.2) is 0 Å². The van der Waals surface area contributed by atoms with Gasteiger partial charge >= 0.3 is 0 Å². The van der Waals surface area contributed by atoms with Crippen molar-refractivity contribution in [1.29, 1.82) is 0 Å². The molecule has 0 unspecified atom stereocenters. The van der Waals surface area contributed by atoms with Crippen LogP contribution in [0.3, 0.4) is 0 Å². The van der Waals surface area contributed by atoms with Gasteiger partial charge in [-0.15, -0.1) is 0 Å². The number of amides is 2. The van der Waals surface area contributed by atoms with Gasteiger partial charge in [0.25, 0.3) is 11.8 Å². The van der Waals surface area contributed by atoms with E-state index < -0.39 is 11.8 Å². The molecule has 0 aliphatic carbocycles. The number of rotatable bonds is 5. The first kappa shape index (κ1) is 24.1. The highest BCUT2D eigenvalue weighted by molar-refractivity contribution is 14.1. The lowest BCUT2D eigenvalue weighted by Crippen LogP contribution is -2.54. The molecule has 7 heteroatoms. The van der Waals surface area contributed by atoms with Gasteiger partial charge in [0.2, 0.25) is 0 Å². The minimum atomic E-state index is -0.518. The molecule has 1 fully saturated rings. The molecule has 34 heavy (non-hydrogen) atoms. The fraction of sp³-hybridized carbons (Fsp3) is 0.148. The van der Waals surface area contributed by atoms with Crippen LogP contribution in [0, 0.1) is 17.4 Å². The predicted octanol–water partition coefficient (Wildman–Crippen LogP) is 5.34. The number of nitrogens with zero attached hydrogens (tertiary/aromatic N) is 1. The minimum absolute atomic E-state index is 0.0114. The number of nitrogens with one attached hydrogen (secondary N) is 1. The molecule has 5 nitrogen and oxygen atoms in total. The summed E-state index contributed by atoms with van der Waals surface area (Å²) in [5.74, 6) is -0.277. The Labute approximate surface area is 218 Å². The van der Waals surface area contributed by atoms with E-state index in [1.807, 2.05) is 30.3 Å². The Morgan fingerprint density at radius 2 is 1.71 bits per heavy atom. The average molecular weight is 582 g/mol. The van der Waals surface area contributed by atoms with Crippen LogP contribution in [0.5, 0.6) is 5.75 Å². The van der Waals surface area contributed by atoms with E-state index in [0.29, 0.717) is 17.0 Å². The summed E-state index contributed by atoms with van der Waals surface area (Å²) in [5, 5.41) is 2.69. The largest absolute Gasteiger partial charge is 0.496 e. The lowest BCUT2D eigenvalue weighted by Gasteiger charge is -2.28. The molecule has 172 valence electrons. The molecule has 1 aliphatic rings. The molecular weight excluding hydrogens is 559 g/mol. The summed E-state index contributed by atoms with van der Waals surface area (Å²) < 4.78 is 6.69. The van der Waals surface area contributed by atoms with Gasteiger partial charge in [-0.1, -0.05) is 47.5 Å². The number of thiocarbonyl (C=S) groups is 1. The highest BCUT2D eigenvalue weighted by atomic mass is 127. The van der Waals surface area contributed by atoms with E-state index in [0.717, 1.165) is 15.6 Å². The summed E-state index contributed by atoms with van der Waals surface area (Å²) in [7, 11) is 1.63. The first-order valence-electron chi connectivity index (χ1n) is 10.7. The smallest absolute Gasteiger partial charge is 0.270 e. The van der Waals surface area contributed by atoms with E-state index in [1.54, 1.807) is 25.3 Å². The van der Waals surface area contributed by atoms with Crippen LogP contribution in [-0.2, 0) is 16.0 Å². The van der Waals surface area contributed by atoms with Crippen molar-refractivity contribution in [2.45, 2.75) is 20.3 Å². The number of para-hydroxylation sites is 1. The van der Waals surface area contributed by atoms with Crippen LogP contribution in [-0.4, -0.2) is 24.0 Å². The number of methoxy groups -OCH3 is 1. The van der Waals surface area contributed by atoms with E-state index >= 15 is 0 Å². The van der Waals surface area contributed by atoms with Crippen LogP contribution in [0.2, 0.25) is 0 Å². The van der Waals surface area contributed by atoms with E-state index in [4.69, 9.17) is 17.0 Å². The van der Waals surface area contributed by atoms with Crippen molar-refractivity contribution in [3.8, 4) is 5.75 Å². The molecule has 0 bridgehead atoms. The molecule has 0 saturated carbocycles. The van der Waals surface area contributed by atoms with Crippen molar-refractivity contribution < 1.29 is 14.3 Å². The van der Waals surface area contributed by atoms with Crippen molar-refractivity contribution >= 4 is 63.5 Å². The summed E-state index contributed by atoms with van der Waals surface area (Å²) >= 11 is 7.54. The maximum absolute atomic E-state index is 13.2. The first-order valence-corrected chi connectivity index (χ1v) is 12.2. The summed E-state index contributed by atoms with van der Waals surface area (Å²) in [5.41, 5.74) is 6.00. The minimum Gasteiger partial charge on any atom is -0.496 e. The number of benzene rings is 3. The molecule has 1 heterocycles. The van der Waals surface area contributed by atoms with Crippen molar-refractivity contribution in [1.82, 2.24) is 5.32 Å². The number of hydrogen-bond donors (Lipinski definition) is 1. The third-order valence-corrected chi connectivity index (χ3v) is 6.73. The van der Waals surface area contributed by atoms with Gasteiger partial charge in [0.1, 0.15) is 11.3 Å². The maximum atomic E-state index is 13.2. The molecule has 3 aromatic rings. The van der Waals surface area contributed by atoms with Gasteiger partial charge in [0, 0.05) is 15.6 Å². The van der Waals surface area contributed by atoms with Crippen molar-refractivity contribution in [2.24, 2.45) is 0 Å². The van der Waals surface area contributed by atoms with E-state index in [1.165, 1.54) is 21.6 Å². The predicted molar refractivity (Wildman–Crippen MR) is 147 cm³/mol. The Balaban J connectivity index is 1.70. The SMILES string of the molecule is COc1cc(/C=C2/C(=O)NC(=S)N(c3ccccc3)C2=O)cc(I)c1Cc1cc(C)cc(C)c1. The van der Waals surface area contributed by atoms with Crippen LogP contribution < -0.4 is 15.0 Å². The molecule has 2 amide bonds. The van der Waals surface area contributed by atoms with Gasteiger partial charge < -0.3 is 4.74 Å². The molecule has 4 rings (SSSR count). The third-order valence-electron chi connectivity index (χ3n) is 5.49. The Morgan fingerprint density at radius 3 is 2.35 bits per heavy atom. The normalized spacial score (nSPS) is 15.0. The number of ether oxygens (including phenoxy) is 1. The highest BCUT2D eigenvalue weighted by Crippen LogP contribution is 2.31. The highest BCUT2D eigenvalue weighted by Gasteiger charge is 2.34. The standard InChI is InChI=1S/C27H23IN2O3S/c1-16-9-17(2)11-18(10-16)12-21-23(28)14-19(15-24(21)33-3)13-22-25(31)29-27(34)30(26(22)32)20-7-5-4-6-8-20/h4-11,13-15H,12H2,1-3H3,(H,29,31,34)/b22-13-. The quantitative estimate of drug-likeness (QED) is 0.191. The van der Waals surface area contributed by atoms with Crippen molar-refractivity contribution in [2.75, 3.05) is 12.0 Å². The molecule has 0 radical (unpaired) electrons. The van der Waals surface area contributed by atoms with Crippen LogP contribution >= 0.6 is 34.8 Å². The van der Waals surface area contributed by atoms with Gasteiger partial charge in [0.15, 0.2) is 5.11 Å². The number of halogens is 1. The molecular formula is C27H23IN2O3S. The Kier molecular flexibility index (Phi) is 7.13. The number of hydrogen-bond acceptors (Lipinski definition) is 4. The third kappa shape index (κ3) is 5.05. The van der Waals surface area contributed by atoms with Crippen molar-refractivity contribution in [3.05, 3.63) is 97.6 Å². The zero-order valence-electron chi connectivity index (χ0n) is 19.0. The van der Waals surface area contributed by atoms with E-state index in [2.05, 4.69) is 60.0 Å². The lowest BCUT2D eigenvalue weighted by atomic mass is 9.98. The molecule has 1 saturated heterocycles. The second kappa shape index (κ2) is 10.1. The molecule has 0 atom stereocenters. The second-order valence-electron chi connectivity index (χ2n) is 8.15. The monoisotopic (exact) mass is 582 g/mol. The van der Waals surface area contributed by atoms with Crippen LogP contribution in [0.4, 0.5) is 5.69 Å². The fourth-order valence-electron chi connectivity index (χ4n) is 4.08. The molecule has 3 aromatic carbocycles. The second-order valence-corrected chi connectivity index (χ2v) is 9.70. The molecule has 1 aliphatic heterocycles. The average Bonchev–Trinajstić information content (AvgIpc) is 2.78. The Hall–Kier alpha value is -3.04. The van der Waals surface area contributed by atoms with Gasteiger partial charge in [-0.05, 0) is 90.1 Å². The topological polar surface area (TPSA) is 58.6 Å². The molecule has 0 aromatic heterocycles. The zero-order valence-corrected chi connectivity index (χ0v) is 22.0.